The van der Waals surface area contributed by atoms with Crippen LogP contribution in [0.4, 0.5) is 13.9 Å². The Labute approximate surface area is 195 Å². The maximum Gasteiger partial charge on any atom is 0.349 e. The number of nitrogens with zero attached hydrogens (tertiary/aromatic N) is 3. The summed E-state index contributed by atoms with van der Waals surface area (Å²) in [5.41, 5.74) is -0.0980. The smallest absolute Gasteiger partial charge is 0.349 e. The lowest BCUT2D eigenvalue weighted by Gasteiger charge is -2.34. The highest BCUT2D eigenvalue weighted by Gasteiger charge is 2.27. The third-order valence-corrected chi connectivity index (χ3v) is 7.17. The molecule has 170 valence electrons. The molecule has 9 heteroatoms. The fourth-order valence-electron chi connectivity index (χ4n) is 4.37. The summed E-state index contributed by atoms with van der Waals surface area (Å²) in [7, 11) is 0. The summed E-state index contributed by atoms with van der Waals surface area (Å²) in [6, 6.07) is 15.0. The first-order valence-electron chi connectivity index (χ1n) is 10.7. The van der Waals surface area contributed by atoms with Gasteiger partial charge in [-0.25, -0.2) is 18.6 Å². The molecule has 6 nitrogen and oxygen atoms in total. The molecule has 0 saturated carbocycles. The van der Waals surface area contributed by atoms with E-state index in [1.54, 1.807) is 17.0 Å². The quantitative estimate of drug-likeness (QED) is 0.270. The van der Waals surface area contributed by atoms with Gasteiger partial charge in [0.25, 0.3) is 5.91 Å². The molecule has 0 radical (unpaired) electrons. The van der Waals surface area contributed by atoms with E-state index < -0.39 is 17.3 Å². The van der Waals surface area contributed by atoms with Crippen molar-refractivity contribution in [1.29, 1.82) is 0 Å². The Balaban J connectivity index is 1.26. The number of thiazole rings is 1. The molecule has 0 atom stereocenters. The van der Waals surface area contributed by atoms with E-state index in [1.807, 2.05) is 35.2 Å². The number of carbonyl (C=O) groups is 1. The lowest BCUT2D eigenvalue weighted by molar-refractivity contribution is 0.0742. The van der Waals surface area contributed by atoms with Gasteiger partial charge >= 0.3 is 5.63 Å². The second-order valence-electron chi connectivity index (χ2n) is 8.16. The summed E-state index contributed by atoms with van der Waals surface area (Å²) in [5, 5.41) is 3.18. The SMILES string of the molecule is O=C(c1cc2c(ccc3ccccc32)oc1=O)N1CCN(c2nc3c(F)cc(F)cc3s2)CC1. The monoisotopic (exact) mass is 477 g/mol. The predicted molar refractivity (Wildman–Crippen MR) is 128 cm³/mol. The second-order valence-corrected chi connectivity index (χ2v) is 9.17. The van der Waals surface area contributed by atoms with Crippen LogP contribution in [0.1, 0.15) is 10.4 Å². The van der Waals surface area contributed by atoms with Crippen LogP contribution in [0.3, 0.4) is 0 Å². The highest BCUT2D eigenvalue weighted by atomic mass is 32.1. The van der Waals surface area contributed by atoms with Gasteiger partial charge in [-0.1, -0.05) is 41.7 Å². The van der Waals surface area contributed by atoms with Gasteiger partial charge < -0.3 is 14.2 Å². The number of anilines is 1. The Morgan fingerprint density at radius 3 is 2.59 bits per heavy atom. The number of halogens is 2. The van der Waals surface area contributed by atoms with Gasteiger partial charge in [0, 0.05) is 37.6 Å². The first kappa shape index (κ1) is 20.7. The highest BCUT2D eigenvalue weighted by Crippen LogP contribution is 2.32. The standard InChI is InChI=1S/C25H17F2N3O3S/c26-15-11-19(27)22-21(12-15)34-25(28-22)30-9-7-29(8-10-30)23(31)18-13-17-16-4-2-1-3-14(16)5-6-20(17)33-24(18)32/h1-6,11-13H,7-10H2. The number of hydrogen-bond donors (Lipinski definition) is 0. The fraction of sp³-hybridized carbons (Fsp3) is 0.160. The fourth-order valence-corrected chi connectivity index (χ4v) is 5.43. The zero-order valence-corrected chi connectivity index (χ0v) is 18.6. The lowest BCUT2D eigenvalue weighted by atomic mass is 10.0. The first-order valence-corrected chi connectivity index (χ1v) is 11.5. The molecular formula is C25H17F2N3O3S. The Morgan fingerprint density at radius 2 is 1.76 bits per heavy atom. The van der Waals surface area contributed by atoms with Crippen molar-refractivity contribution < 1.29 is 18.0 Å². The molecule has 0 spiro atoms. The van der Waals surface area contributed by atoms with Crippen LogP contribution in [-0.2, 0) is 0 Å². The summed E-state index contributed by atoms with van der Waals surface area (Å²) in [6.45, 7) is 1.63. The van der Waals surface area contributed by atoms with Gasteiger partial charge in [0.1, 0.15) is 22.5 Å². The summed E-state index contributed by atoms with van der Waals surface area (Å²) in [6.07, 6.45) is 0. The normalized spacial score (nSPS) is 14.4. The van der Waals surface area contributed by atoms with Crippen LogP contribution in [-0.4, -0.2) is 42.0 Å². The average Bonchev–Trinajstić information content (AvgIpc) is 3.28. The molecular weight excluding hydrogens is 460 g/mol. The molecule has 1 aliphatic heterocycles. The zero-order chi connectivity index (χ0) is 23.4. The van der Waals surface area contributed by atoms with E-state index in [-0.39, 0.29) is 17.0 Å². The van der Waals surface area contributed by atoms with Crippen LogP contribution >= 0.6 is 11.3 Å². The van der Waals surface area contributed by atoms with Crippen molar-refractivity contribution in [1.82, 2.24) is 9.88 Å². The first-order chi connectivity index (χ1) is 16.5. The minimum absolute atomic E-state index is 0.00478. The van der Waals surface area contributed by atoms with Crippen molar-refractivity contribution in [3.05, 3.63) is 82.2 Å². The largest absolute Gasteiger partial charge is 0.422 e. The van der Waals surface area contributed by atoms with Crippen LogP contribution in [0.2, 0.25) is 0 Å². The van der Waals surface area contributed by atoms with E-state index in [0.29, 0.717) is 47.0 Å². The van der Waals surface area contributed by atoms with Crippen LogP contribution in [0.5, 0.6) is 0 Å². The average molecular weight is 477 g/mol. The summed E-state index contributed by atoms with van der Waals surface area (Å²) in [4.78, 5) is 33.7. The van der Waals surface area contributed by atoms with E-state index >= 15 is 0 Å². The molecule has 3 aromatic carbocycles. The third kappa shape index (κ3) is 3.40. The van der Waals surface area contributed by atoms with Crippen molar-refractivity contribution in [2.45, 2.75) is 0 Å². The topological polar surface area (TPSA) is 66.7 Å². The predicted octanol–water partition coefficient (Wildman–Crippen LogP) is 4.80. The number of carbonyl (C=O) groups excluding carboxylic acids is 1. The van der Waals surface area contributed by atoms with E-state index in [9.17, 15) is 18.4 Å². The van der Waals surface area contributed by atoms with Crippen molar-refractivity contribution in [2.75, 3.05) is 31.1 Å². The van der Waals surface area contributed by atoms with Crippen molar-refractivity contribution in [3.8, 4) is 0 Å². The molecule has 0 aliphatic carbocycles. The number of amides is 1. The molecule has 5 aromatic rings. The summed E-state index contributed by atoms with van der Waals surface area (Å²) < 4.78 is 33.4. The van der Waals surface area contributed by atoms with Crippen LogP contribution in [0.15, 0.2) is 63.8 Å². The molecule has 0 unspecified atom stereocenters. The van der Waals surface area contributed by atoms with Crippen LogP contribution in [0, 0.1) is 11.6 Å². The lowest BCUT2D eigenvalue weighted by Crippen LogP contribution is -2.49. The van der Waals surface area contributed by atoms with Gasteiger partial charge in [-0.2, -0.15) is 0 Å². The van der Waals surface area contributed by atoms with E-state index in [0.717, 1.165) is 16.8 Å². The van der Waals surface area contributed by atoms with E-state index in [1.165, 1.54) is 17.4 Å². The highest BCUT2D eigenvalue weighted by molar-refractivity contribution is 7.22. The molecule has 1 aliphatic rings. The molecule has 0 N–H and O–H groups in total. The number of hydrogen-bond acceptors (Lipinski definition) is 6. The minimum Gasteiger partial charge on any atom is -0.422 e. The number of fused-ring (bicyclic) bond motifs is 4. The summed E-state index contributed by atoms with van der Waals surface area (Å²) in [5.74, 6) is -1.72. The Bertz CT molecular complexity index is 1650. The maximum absolute atomic E-state index is 14.0. The van der Waals surface area contributed by atoms with Gasteiger partial charge in [-0.05, 0) is 29.0 Å². The van der Waals surface area contributed by atoms with E-state index in [4.69, 9.17) is 4.42 Å². The zero-order valence-electron chi connectivity index (χ0n) is 17.8. The minimum atomic E-state index is -0.693. The molecule has 1 fully saturated rings. The van der Waals surface area contributed by atoms with Crippen molar-refractivity contribution in [2.24, 2.45) is 0 Å². The number of rotatable bonds is 2. The number of piperazine rings is 1. The van der Waals surface area contributed by atoms with Gasteiger partial charge in [0.05, 0.1) is 4.70 Å². The van der Waals surface area contributed by atoms with Crippen molar-refractivity contribution in [3.63, 3.8) is 0 Å². The molecule has 1 saturated heterocycles. The van der Waals surface area contributed by atoms with Crippen LogP contribution in [0.25, 0.3) is 32.0 Å². The maximum atomic E-state index is 14.0. The van der Waals surface area contributed by atoms with Crippen molar-refractivity contribution >= 4 is 54.3 Å². The Hall–Kier alpha value is -3.85. The molecule has 34 heavy (non-hydrogen) atoms. The molecule has 3 heterocycles. The van der Waals surface area contributed by atoms with Gasteiger partial charge in [-0.15, -0.1) is 0 Å². The van der Waals surface area contributed by atoms with Crippen LogP contribution < -0.4 is 10.5 Å². The van der Waals surface area contributed by atoms with Gasteiger partial charge in [0.2, 0.25) is 0 Å². The number of aromatic nitrogens is 1. The molecule has 6 rings (SSSR count). The Kier molecular flexibility index (Phi) is 4.80. The molecule has 1 amide bonds. The molecule has 0 bridgehead atoms. The second kappa shape index (κ2) is 7.88. The van der Waals surface area contributed by atoms with E-state index in [2.05, 4.69) is 4.98 Å². The molecule has 2 aromatic heterocycles. The third-order valence-electron chi connectivity index (χ3n) is 6.11. The van der Waals surface area contributed by atoms with Gasteiger partial charge in [-0.3, -0.25) is 4.79 Å². The van der Waals surface area contributed by atoms with Gasteiger partial charge in [0.15, 0.2) is 10.9 Å². The number of benzene rings is 3. The summed E-state index contributed by atoms with van der Waals surface area (Å²) >= 11 is 1.21. The Morgan fingerprint density at radius 1 is 0.971 bits per heavy atom.